The number of ether oxygens (including phenoxy) is 1. The maximum Gasteiger partial charge on any atom is 0.274 e. The number of anilines is 1. The second kappa shape index (κ2) is 8.26. The molecule has 0 fully saturated rings. The highest BCUT2D eigenvalue weighted by Gasteiger charge is 1.99. The largest absolute Gasteiger partial charge is 0.489 e. The number of nitrogens with one attached hydrogen (secondary N) is 2. The molecule has 0 amide bonds. The Morgan fingerprint density at radius 1 is 1.23 bits per heavy atom. The van der Waals surface area contributed by atoms with Crippen LogP contribution in [0.5, 0.6) is 5.75 Å². The first kappa shape index (κ1) is 17.6. The first-order valence-corrected chi connectivity index (χ1v) is 8.18. The van der Waals surface area contributed by atoms with Crippen molar-refractivity contribution in [1.29, 1.82) is 0 Å². The molecule has 0 radical (unpaired) electrons. The number of hydrazone groups is 1. The van der Waals surface area contributed by atoms with E-state index in [0.29, 0.717) is 23.1 Å². The molecule has 0 aliphatic carbocycles. The number of aromatic amines is 1. The fraction of sp³-hybridized carbons (Fsp3) is 0.111. The van der Waals surface area contributed by atoms with Crippen molar-refractivity contribution in [3.63, 3.8) is 0 Å². The number of rotatable bonds is 6. The van der Waals surface area contributed by atoms with Crippen molar-refractivity contribution >= 4 is 23.8 Å². The van der Waals surface area contributed by atoms with Gasteiger partial charge >= 0.3 is 0 Å². The van der Waals surface area contributed by atoms with Crippen molar-refractivity contribution < 1.29 is 4.74 Å². The Morgan fingerprint density at radius 3 is 2.81 bits per heavy atom. The minimum atomic E-state index is -0.310. The SMILES string of the molecule is Cc1nnc(N/N=C/c2cccc(OCc3ccc(Cl)cc3)c2)[nH]c1=O. The number of aryl methyl sites for hydroxylation is 1. The first-order chi connectivity index (χ1) is 12.6. The molecule has 3 rings (SSSR count). The maximum atomic E-state index is 11.5. The summed E-state index contributed by atoms with van der Waals surface area (Å²) < 4.78 is 5.77. The minimum Gasteiger partial charge on any atom is -0.489 e. The summed E-state index contributed by atoms with van der Waals surface area (Å²) in [4.78, 5) is 14.0. The van der Waals surface area contributed by atoms with Crippen molar-refractivity contribution in [3.05, 3.63) is 80.7 Å². The summed E-state index contributed by atoms with van der Waals surface area (Å²) in [6, 6.07) is 15.0. The van der Waals surface area contributed by atoms with Gasteiger partial charge in [-0.15, -0.1) is 10.2 Å². The van der Waals surface area contributed by atoms with Gasteiger partial charge in [0.25, 0.3) is 5.56 Å². The van der Waals surface area contributed by atoms with Crippen molar-refractivity contribution in [2.24, 2.45) is 5.10 Å². The van der Waals surface area contributed by atoms with Gasteiger partial charge in [0.15, 0.2) is 0 Å². The summed E-state index contributed by atoms with van der Waals surface area (Å²) in [6.07, 6.45) is 1.59. The highest BCUT2D eigenvalue weighted by Crippen LogP contribution is 2.15. The lowest BCUT2D eigenvalue weighted by Gasteiger charge is -2.07. The van der Waals surface area contributed by atoms with Gasteiger partial charge < -0.3 is 4.74 Å². The molecule has 2 aromatic carbocycles. The average Bonchev–Trinajstić information content (AvgIpc) is 2.65. The molecular weight excluding hydrogens is 354 g/mol. The molecule has 1 aromatic heterocycles. The van der Waals surface area contributed by atoms with E-state index in [1.807, 2.05) is 48.5 Å². The molecule has 132 valence electrons. The summed E-state index contributed by atoms with van der Waals surface area (Å²) in [6.45, 7) is 2.02. The van der Waals surface area contributed by atoms with Crippen LogP contribution in [0.2, 0.25) is 5.02 Å². The molecule has 8 heteroatoms. The summed E-state index contributed by atoms with van der Waals surface area (Å²) in [5.41, 5.74) is 4.47. The zero-order chi connectivity index (χ0) is 18.4. The van der Waals surface area contributed by atoms with Gasteiger partial charge in [0, 0.05) is 5.02 Å². The monoisotopic (exact) mass is 369 g/mol. The zero-order valence-corrected chi connectivity index (χ0v) is 14.7. The third-order valence-electron chi connectivity index (χ3n) is 3.42. The van der Waals surface area contributed by atoms with Crippen LogP contribution in [0.1, 0.15) is 16.8 Å². The Balaban J connectivity index is 1.60. The molecule has 0 aliphatic heterocycles. The van der Waals surface area contributed by atoms with Crippen LogP contribution in [-0.2, 0) is 6.61 Å². The lowest BCUT2D eigenvalue weighted by Crippen LogP contribution is -2.15. The van der Waals surface area contributed by atoms with Gasteiger partial charge in [-0.3, -0.25) is 9.78 Å². The van der Waals surface area contributed by atoms with Crippen molar-refractivity contribution in [1.82, 2.24) is 15.2 Å². The van der Waals surface area contributed by atoms with E-state index in [9.17, 15) is 4.79 Å². The summed E-state index contributed by atoms with van der Waals surface area (Å²) >= 11 is 5.87. The predicted molar refractivity (Wildman–Crippen MR) is 101 cm³/mol. The molecule has 0 spiro atoms. The zero-order valence-electron chi connectivity index (χ0n) is 13.9. The highest BCUT2D eigenvalue weighted by atomic mass is 35.5. The lowest BCUT2D eigenvalue weighted by atomic mass is 10.2. The number of nitrogens with zero attached hydrogens (tertiary/aromatic N) is 3. The topological polar surface area (TPSA) is 92.3 Å². The van der Waals surface area contributed by atoms with Gasteiger partial charge in [-0.25, -0.2) is 5.43 Å². The summed E-state index contributed by atoms with van der Waals surface area (Å²) in [7, 11) is 0. The van der Waals surface area contributed by atoms with Gasteiger partial charge in [-0.05, 0) is 42.3 Å². The quantitative estimate of drug-likeness (QED) is 0.514. The molecule has 0 unspecified atom stereocenters. The Bertz CT molecular complexity index is 970. The standard InChI is InChI=1S/C18H16ClN5O2/c1-12-17(25)21-18(24-22-12)23-20-10-14-3-2-4-16(9-14)26-11-13-5-7-15(19)8-6-13/h2-10H,11H2,1H3,(H2,21,23,24,25)/b20-10+. The smallest absolute Gasteiger partial charge is 0.274 e. The molecule has 3 aromatic rings. The molecule has 0 aliphatic rings. The fourth-order valence-electron chi connectivity index (χ4n) is 2.04. The molecule has 26 heavy (non-hydrogen) atoms. The number of aromatic nitrogens is 3. The maximum absolute atomic E-state index is 11.5. The third-order valence-corrected chi connectivity index (χ3v) is 3.67. The summed E-state index contributed by atoms with van der Waals surface area (Å²) in [5, 5.41) is 12.2. The van der Waals surface area contributed by atoms with Crippen LogP contribution in [0, 0.1) is 6.92 Å². The van der Waals surface area contributed by atoms with Crippen LogP contribution >= 0.6 is 11.6 Å². The van der Waals surface area contributed by atoms with Crippen molar-refractivity contribution in [2.75, 3.05) is 5.43 Å². The molecule has 2 N–H and O–H groups in total. The van der Waals surface area contributed by atoms with Gasteiger partial charge in [0.1, 0.15) is 18.1 Å². The van der Waals surface area contributed by atoms with Gasteiger partial charge in [0.2, 0.25) is 5.95 Å². The number of hydrogen-bond acceptors (Lipinski definition) is 6. The molecule has 0 saturated carbocycles. The van der Waals surface area contributed by atoms with Gasteiger partial charge in [0.05, 0.1) is 6.21 Å². The van der Waals surface area contributed by atoms with Gasteiger partial charge in [-0.2, -0.15) is 5.10 Å². The Labute approximate surface area is 154 Å². The molecule has 1 heterocycles. The van der Waals surface area contributed by atoms with E-state index >= 15 is 0 Å². The predicted octanol–water partition coefficient (Wildman–Crippen LogP) is 3.15. The van der Waals surface area contributed by atoms with E-state index in [1.54, 1.807) is 13.1 Å². The first-order valence-electron chi connectivity index (χ1n) is 7.80. The van der Waals surface area contributed by atoms with Crippen molar-refractivity contribution in [3.8, 4) is 5.75 Å². The molecule has 0 saturated heterocycles. The Kier molecular flexibility index (Phi) is 5.60. The van der Waals surface area contributed by atoms with Crippen LogP contribution in [-0.4, -0.2) is 21.4 Å². The van der Waals surface area contributed by atoms with Crippen LogP contribution < -0.4 is 15.7 Å². The number of hydrogen-bond donors (Lipinski definition) is 2. The lowest BCUT2D eigenvalue weighted by molar-refractivity contribution is 0.306. The fourth-order valence-corrected chi connectivity index (χ4v) is 2.17. The van der Waals surface area contributed by atoms with Crippen molar-refractivity contribution in [2.45, 2.75) is 13.5 Å². The third kappa shape index (κ3) is 4.90. The second-order valence-corrected chi connectivity index (χ2v) is 5.88. The van der Waals surface area contributed by atoms with Gasteiger partial charge in [-0.1, -0.05) is 35.9 Å². The molecule has 0 bridgehead atoms. The van der Waals surface area contributed by atoms with E-state index in [1.165, 1.54) is 0 Å². The van der Waals surface area contributed by atoms with Crippen LogP contribution in [0.25, 0.3) is 0 Å². The molecular formula is C18H16ClN5O2. The van der Waals surface area contributed by atoms with E-state index in [2.05, 4.69) is 25.7 Å². The summed E-state index contributed by atoms with van der Waals surface area (Å²) in [5.74, 6) is 0.888. The van der Waals surface area contributed by atoms with Crippen LogP contribution in [0.15, 0.2) is 58.4 Å². The highest BCUT2D eigenvalue weighted by molar-refractivity contribution is 6.30. The number of H-pyrrole nitrogens is 1. The second-order valence-electron chi connectivity index (χ2n) is 5.45. The number of benzene rings is 2. The van der Waals surface area contributed by atoms with E-state index in [4.69, 9.17) is 16.3 Å². The van der Waals surface area contributed by atoms with E-state index < -0.39 is 0 Å². The van der Waals surface area contributed by atoms with E-state index in [0.717, 1.165) is 11.1 Å². The minimum absolute atomic E-state index is 0.173. The van der Waals surface area contributed by atoms with Crippen LogP contribution in [0.4, 0.5) is 5.95 Å². The Morgan fingerprint density at radius 2 is 2.04 bits per heavy atom. The number of halogens is 1. The average molecular weight is 370 g/mol. The van der Waals surface area contributed by atoms with Crippen LogP contribution in [0.3, 0.4) is 0 Å². The Hall–Kier alpha value is -3.19. The molecule has 7 nitrogen and oxygen atoms in total. The molecule has 0 atom stereocenters. The normalized spacial score (nSPS) is 10.8. The van der Waals surface area contributed by atoms with E-state index in [-0.39, 0.29) is 11.5 Å².